The molecule has 6 nitrogen and oxygen atoms in total. The molecule has 0 aliphatic carbocycles. The fraction of sp³-hybridized carbons (Fsp3) is 0.125. The Labute approximate surface area is 183 Å². The standard InChI is InChI=1S/C24H19ClN4O2/c1-3-31-22-11-5-16-12-19(15-4-10-20-21(13-15)28(2)14-26-20)24(30)29(23(16)27-22)18-8-6-17(25)7-9-18/h4-14H,3H2,1-2H3. The van der Waals surface area contributed by atoms with Gasteiger partial charge in [0, 0.05) is 29.1 Å². The minimum absolute atomic E-state index is 0.169. The molecule has 0 spiro atoms. The quantitative estimate of drug-likeness (QED) is 0.403. The molecule has 0 aliphatic heterocycles. The molecule has 0 saturated carbocycles. The normalized spacial score (nSPS) is 11.3. The van der Waals surface area contributed by atoms with Gasteiger partial charge in [-0.1, -0.05) is 17.7 Å². The van der Waals surface area contributed by atoms with E-state index in [0.29, 0.717) is 34.4 Å². The zero-order chi connectivity index (χ0) is 21.5. The molecular weight excluding hydrogens is 412 g/mol. The Morgan fingerprint density at radius 1 is 1.03 bits per heavy atom. The van der Waals surface area contributed by atoms with E-state index >= 15 is 0 Å². The summed E-state index contributed by atoms with van der Waals surface area (Å²) in [5.41, 5.74) is 4.29. The molecule has 154 valence electrons. The van der Waals surface area contributed by atoms with E-state index in [1.807, 2.05) is 67.1 Å². The van der Waals surface area contributed by atoms with Crippen LogP contribution in [0, 0.1) is 0 Å². The number of ether oxygens (including phenoxy) is 1. The summed E-state index contributed by atoms with van der Waals surface area (Å²) in [6.07, 6.45) is 1.76. The van der Waals surface area contributed by atoms with Gasteiger partial charge in [0.15, 0.2) is 5.65 Å². The number of hydrogen-bond acceptors (Lipinski definition) is 4. The van der Waals surface area contributed by atoms with Crippen molar-refractivity contribution in [2.24, 2.45) is 7.05 Å². The van der Waals surface area contributed by atoms with Gasteiger partial charge in [-0.25, -0.2) is 4.98 Å². The highest BCUT2D eigenvalue weighted by Crippen LogP contribution is 2.27. The summed E-state index contributed by atoms with van der Waals surface area (Å²) in [4.78, 5) is 22.7. The predicted molar refractivity (Wildman–Crippen MR) is 123 cm³/mol. The van der Waals surface area contributed by atoms with Crippen LogP contribution in [0.4, 0.5) is 0 Å². The molecule has 0 saturated heterocycles. The number of hydrogen-bond donors (Lipinski definition) is 0. The number of halogens is 1. The van der Waals surface area contributed by atoms with Crippen LogP contribution in [-0.2, 0) is 7.05 Å². The maximum Gasteiger partial charge on any atom is 0.264 e. The van der Waals surface area contributed by atoms with E-state index in [0.717, 1.165) is 22.0 Å². The van der Waals surface area contributed by atoms with Crippen molar-refractivity contribution >= 4 is 33.7 Å². The molecule has 0 N–H and O–H groups in total. The minimum Gasteiger partial charge on any atom is -0.478 e. The zero-order valence-corrected chi connectivity index (χ0v) is 17.8. The SMILES string of the molecule is CCOc1ccc2cc(-c3ccc4ncn(C)c4c3)c(=O)n(-c3ccc(Cl)cc3)c2n1. The summed E-state index contributed by atoms with van der Waals surface area (Å²) in [6, 6.07) is 18.6. The maximum atomic E-state index is 13.7. The lowest BCUT2D eigenvalue weighted by Crippen LogP contribution is -2.21. The van der Waals surface area contributed by atoms with Crippen LogP contribution < -0.4 is 10.3 Å². The number of pyridine rings is 2. The van der Waals surface area contributed by atoms with Crippen LogP contribution in [0.3, 0.4) is 0 Å². The van der Waals surface area contributed by atoms with Crippen LogP contribution in [0.1, 0.15) is 6.92 Å². The summed E-state index contributed by atoms with van der Waals surface area (Å²) < 4.78 is 9.12. The molecule has 0 amide bonds. The summed E-state index contributed by atoms with van der Waals surface area (Å²) in [5.74, 6) is 0.473. The van der Waals surface area contributed by atoms with Crippen molar-refractivity contribution in [3.05, 3.63) is 82.4 Å². The third kappa shape index (κ3) is 3.35. The molecule has 0 unspecified atom stereocenters. The van der Waals surface area contributed by atoms with E-state index in [9.17, 15) is 4.79 Å². The number of benzene rings is 2. The number of aromatic nitrogens is 4. The van der Waals surface area contributed by atoms with Crippen LogP contribution in [0.25, 0.3) is 38.9 Å². The topological polar surface area (TPSA) is 61.9 Å². The molecule has 0 atom stereocenters. The number of fused-ring (bicyclic) bond motifs is 2. The van der Waals surface area contributed by atoms with E-state index in [4.69, 9.17) is 16.3 Å². The number of imidazole rings is 1. The predicted octanol–water partition coefficient (Wildman–Crippen LogP) is 4.99. The van der Waals surface area contributed by atoms with Crippen LogP contribution >= 0.6 is 11.6 Å². The average Bonchev–Trinajstić information content (AvgIpc) is 3.15. The third-order valence-electron chi connectivity index (χ3n) is 5.24. The van der Waals surface area contributed by atoms with Gasteiger partial charge in [-0.05, 0) is 61.0 Å². The van der Waals surface area contributed by atoms with E-state index < -0.39 is 0 Å². The van der Waals surface area contributed by atoms with Gasteiger partial charge in [0.1, 0.15) is 0 Å². The highest BCUT2D eigenvalue weighted by atomic mass is 35.5. The molecule has 5 aromatic rings. The first-order valence-electron chi connectivity index (χ1n) is 9.92. The fourth-order valence-electron chi connectivity index (χ4n) is 3.73. The van der Waals surface area contributed by atoms with E-state index in [2.05, 4.69) is 9.97 Å². The van der Waals surface area contributed by atoms with Crippen LogP contribution in [-0.4, -0.2) is 25.7 Å². The van der Waals surface area contributed by atoms with Crippen molar-refractivity contribution in [1.29, 1.82) is 0 Å². The second-order valence-corrected chi connectivity index (χ2v) is 7.67. The van der Waals surface area contributed by atoms with Crippen LogP contribution in [0.2, 0.25) is 5.02 Å². The van der Waals surface area contributed by atoms with Gasteiger partial charge in [-0.2, -0.15) is 4.98 Å². The molecule has 31 heavy (non-hydrogen) atoms. The summed E-state index contributed by atoms with van der Waals surface area (Å²) in [6.45, 7) is 2.39. The van der Waals surface area contributed by atoms with Crippen molar-refractivity contribution in [2.45, 2.75) is 6.92 Å². The lowest BCUT2D eigenvalue weighted by molar-refractivity contribution is 0.328. The molecular formula is C24H19ClN4O2. The van der Waals surface area contributed by atoms with Crippen molar-refractivity contribution in [3.8, 4) is 22.7 Å². The molecule has 2 aromatic carbocycles. The second-order valence-electron chi connectivity index (χ2n) is 7.23. The third-order valence-corrected chi connectivity index (χ3v) is 5.49. The molecule has 5 rings (SSSR count). The Balaban J connectivity index is 1.82. The Morgan fingerprint density at radius 2 is 1.84 bits per heavy atom. The fourth-order valence-corrected chi connectivity index (χ4v) is 3.85. The largest absolute Gasteiger partial charge is 0.478 e. The molecule has 3 heterocycles. The van der Waals surface area contributed by atoms with Crippen molar-refractivity contribution in [1.82, 2.24) is 19.1 Å². The van der Waals surface area contributed by atoms with Gasteiger partial charge >= 0.3 is 0 Å². The van der Waals surface area contributed by atoms with Crippen LogP contribution in [0.5, 0.6) is 5.88 Å². The van der Waals surface area contributed by atoms with Gasteiger partial charge in [0.05, 0.1) is 29.7 Å². The monoisotopic (exact) mass is 430 g/mol. The van der Waals surface area contributed by atoms with Gasteiger partial charge in [0.25, 0.3) is 5.56 Å². The summed E-state index contributed by atoms with van der Waals surface area (Å²) in [7, 11) is 1.94. The first-order valence-corrected chi connectivity index (χ1v) is 10.3. The van der Waals surface area contributed by atoms with E-state index in [1.165, 1.54) is 0 Å². The van der Waals surface area contributed by atoms with Gasteiger partial charge in [-0.3, -0.25) is 9.36 Å². The molecule has 7 heteroatoms. The highest BCUT2D eigenvalue weighted by molar-refractivity contribution is 6.30. The van der Waals surface area contributed by atoms with Gasteiger partial charge < -0.3 is 9.30 Å². The lowest BCUT2D eigenvalue weighted by Gasteiger charge is -2.14. The zero-order valence-electron chi connectivity index (χ0n) is 17.0. The number of rotatable bonds is 4. The van der Waals surface area contributed by atoms with Crippen molar-refractivity contribution < 1.29 is 4.74 Å². The first-order chi connectivity index (χ1) is 15.0. The summed E-state index contributed by atoms with van der Waals surface area (Å²) in [5, 5.41) is 1.43. The van der Waals surface area contributed by atoms with Crippen LogP contribution in [0.15, 0.2) is 71.8 Å². The Bertz CT molecular complexity index is 1490. The van der Waals surface area contributed by atoms with E-state index in [1.54, 1.807) is 23.0 Å². The number of nitrogens with zero attached hydrogens (tertiary/aromatic N) is 4. The molecule has 0 radical (unpaired) electrons. The first kappa shape index (κ1) is 19.3. The molecule has 0 bridgehead atoms. The van der Waals surface area contributed by atoms with Crippen molar-refractivity contribution in [2.75, 3.05) is 6.61 Å². The Kier molecular flexibility index (Phi) is 4.71. The summed E-state index contributed by atoms with van der Waals surface area (Å²) >= 11 is 6.08. The number of aryl methyl sites for hydroxylation is 1. The average molecular weight is 431 g/mol. The molecule has 0 aliphatic rings. The van der Waals surface area contributed by atoms with E-state index in [-0.39, 0.29) is 5.56 Å². The van der Waals surface area contributed by atoms with Gasteiger partial charge in [-0.15, -0.1) is 0 Å². The van der Waals surface area contributed by atoms with Crippen molar-refractivity contribution in [3.63, 3.8) is 0 Å². The maximum absolute atomic E-state index is 13.7. The lowest BCUT2D eigenvalue weighted by atomic mass is 10.0. The molecule has 0 fully saturated rings. The Hall–Kier alpha value is -3.64. The minimum atomic E-state index is -0.169. The molecule has 3 aromatic heterocycles. The smallest absolute Gasteiger partial charge is 0.264 e. The second kappa shape index (κ2) is 7.56. The Morgan fingerprint density at radius 3 is 2.61 bits per heavy atom. The highest BCUT2D eigenvalue weighted by Gasteiger charge is 2.15. The van der Waals surface area contributed by atoms with Gasteiger partial charge in [0.2, 0.25) is 5.88 Å².